The van der Waals surface area contributed by atoms with E-state index >= 15 is 0 Å². The summed E-state index contributed by atoms with van der Waals surface area (Å²) in [5.41, 5.74) is 4.63. The summed E-state index contributed by atoms with van der Waals surface area (Å²) in [6.07, 6.45) is 2.39. The normalized spacial score (nSPS) is 13.7. The zero-order chi connectivity index (χ0) is 18.7. The fourth-order valence-electron chi connectivity index (χ4n) is 3.12. The first-order chi connectivity index (χ1) is 12.5. The number of nitrogens with one attached hydrogen (secondary N) is 1. The lowest BCUT2D eigenvalue weighted by atomic mass is 10.1. The molecule has 1 aliphatic rings. The highest BCUT2D eigenvalue weighted by atomic mass is 16.5. The zero-order valence-corrected chi connectivity index (χ0v) is 15.3. The zero-order valence-electron chi connectivity index (χ0n) is 15.3. The molecule has 0 saturated carbocycles. The molecule has 5 nitrogen and oxygen atoms in total. The van der Waals surface area contributed by atoms with E-state index in [0.717, 1.165) is 30.5 Å². The molecule has 1 amide bonds. The summed E-state index contributed by atoms with van der Waals surface area (Å²) in [6.45, 7) is 3.45. The second-order valence-electron chi connectivity index (χ2n) is 6.56. The molecule has 0 heterocycles. The molecule has 0 bridgehead atoms. The van der Waals surface area contributed by atoms with Crippen LogP contribution in [0.15, 0.2) is 36.4 Å². The Bertz CT molecular complexity index is 844. The second-order valence-corrected chi connectivity index (χ2v) is 6.56. The van der Waals surface area contributed by atoms with Crippen molar-refractivity contribution in [3.8, 4) is 5.75 Å². The SMILES string of the molecule is COc1cc(C(=O)O[C@H](C)C(=O)Nc2ccc3c(c2)CCC3)ccc1C. The summed E-state index contributed by atoms with van der Waals surface area (Å²) in [4.78, 5) is 24.6. The number of hydrogen-bond donors (Lipinski definition) is 1. The minimum absolute atomic E-state index is 0.352. The molecule has 0 fully saturated rings. The minimum atomic E-state index is -0.900. The molecule has 0 aliphatic heterocycles. The first-order valence-corrected chi connectivity index (χ1v) is 8.76. The molecule has 0 unspecified atom stereocenters. The van der Waals surface area contributed by atoms with E-state index in [4.69, 9.17) is 9.47 Å². The maximum Gasteiger partial charge on any atom is 0.339 e. The number of esters is 1. The highest BCUT2D eigenvalue weighted by Gasteiger charge is 2.20. The van der Waals surface area contributed by atoms with Gasteiger partial charge >= 0.3 is 5.97 Å². The van der Waals surface area contributed by atoms with Crippen molar-refractivity contribution in [1.29, 1.82) is 0 Å². The standard InChI is InChI=1S/C21H23NO4/c1-13-7-8-17(12-19(13)25-3)21(24)26-14(2)20(23)22-18-10-9-15-5-4-6-16(15)11-18/h7-12,14H,4-6H2,1-3H3,(H,22,23)/t14-/m1/s1. The van der Waals surface area contributed by atoms with Crippen LogP contribution in [0, 0.1) is 6.92 Å². The van der Waals surface area contributed by atoms with Crippen molar-refractivity contribution in [2.24, 2.45) is 0 Å². The van der Waals surface area contributed by atoms with E-state index < -0.39 is 12.1 Å². The third kappa shape index (κ3) is 3.87. The van der Waals surface area contributed by atoms with Gasteiger partial charge in [-0.2, -0.15) is 0 Å². The molecule has 2 aromatic rings. The Morgan fingerprint density at radius 1 is 1.08 bits per heavy atom. The second kappa shape index (κ2) is 7.60. The van der Waals surface area contributed by atoms with Gasteiger partial charge in [-0.3, -0.25) is 4.79 Å². The van der Waals surface area contributed by atoms with Gasteiger partial charge in [0.25, 0.3) is 5.91 Å². The van der Waals surface area contributed by atoms with Gasteiger partial charge in [-0.25, -0.2) is 4.79 Å². The van der Waals surface area contributed by atoms with Gasteiger partial charge in [0.1, 0.15) is 5.75 Å². The lowest BCUT2D eigenvalue weighted by Gasteiger charge is -2.15. The molecule has 1 N–H and O–H groups in total. The smallest absolute Gasteiger partial charge is 0.339 e. The van der Waals surface area contributed by atoms with Crippen molar-refractivity contribution in [3.63, 3.8) is 0 Å². The fraction of sp³-hybridized carbons (Fsp3) is 0.333. The number of amides is 1. The Balaban J connectivity index is 1.62. The van der Waals surface area contributed by atoms with Crippen LogP contribution in [0.4, 0.5) is 5.69 Å². The van der Waals surface area contributed by atoms with E-state index in [2.05, 4.69) is 5.32 Å². The largest absolute Gasteiger partial charge is 0.496 e. The average molecular weight is 353 g/mol. The van der Waals surface area contributed by atoms with E-state index in [1.165, 1.54) is 11.1 Å². The van der Waals surface area contributed by atoms with E-state index in [-0.39, 0.29) is 5.91 Å². The van der Waals surface area contributed by atoms with E-state index in [0.29, 0.717) is 11.3 Å². The van der Waals surface area contributed by atoms with Gasteiger partial charge in [0, 0.05) is 5.69 Å². The fourth-order valence-corrected chi connectivity index (χ4v) is 3.12. The Labute approximate surface area is 153 Å². The highest BCUT2D eigenvalue weighted by Crippen LogP contribution is 2.25. The number of carbonyl (C=O) groups excluding carboxylic acids is 2. The topological polar surface area (TPSA) is 64.6 Å². The van der Waals surface area contributed by atoms with Crippen LogP contribution in [0.1, 0.15) is 40.4 Å². The molecular formula is C21H23NO4. The van der Waals surface area contributed by atoms with Crippen LogP contribution in [-0.2, 0) is 22.4 Å². The molecule has 0 saturated heterocycles. The summed E-state index contributed by atoms with van der Waals surface area (Å²) < 4.78 is 10.5. The molecule has 0 aromatic heterocycles. The van der Waals surface area contributed by atoms with Crippen LogP contribution < -0.4 is 10.1 Å². The quantitative estimate of drug-likeness (QED) is 0.833. The number of rotatable bonds is 5. The van der Waals surface area contributed by atoms with Crippen molar-refractivity contribution in [2.45, 2.75) is 39.2 Å². The highest BCUT2D eigenvalue weighted by molar-refractivity contribution is 5.97. The van der Waals surface area contributed by atoms with Crippen molar-refractivity contribution < 1.29 is 19.1 Å². The van der Waals surface area contributed by atoms with Crippen LogP contribution in [0.3, 0.4) is 0 Å². The maximum absolute atomic E-state index is 12.3. The molecule has 3 rings (SSSR count). The Morgan fingerprint density at radius 3 is 2.62 bits per heavy atom. The maximum atomic E-state index is 12.3. The number of aryl methyl sites for hydroxylation is 3. The molecule has 136 valence electrons. The molecule has 0 radical (unpaired) electrons. The van der Waals surface area contributed by atoms with Gasteiger partial charge in [-0.05, 0) is 74.1 Å². The third-order valence-corrected chi connectivity index (χ3v) is 4.66. The molecule has 5 heteroatoms. The van der Waals surface area contributed by atoms with Crippen molar-refractivity contribution in [1.82, 2.24) is 0 Å². The molecule has 1 atom stereocenters. The third-order valence-electron chi connectivity index (χ3n) is 4.66. The first-order valence-electron chi connectivity index (χ1n) is 8.76. The van der Waals surface area contributed by atoms with Gasteiger partial charge in [0.2, 0.25) is 0 Å². The van der Waals surface area contributed by atoms with Crippen molar-refractivity contribution >= 4 is 17.6 Å². The van der Waals surface area contributed by atoms with Gasteiger partial charge < -0.3 is 14.8 Å². The Kier molecular flexibility index (Phi) is 5.26. The van der Waals surface area contributed by atoms with Crippen LogP contribution in [0.25, 0.3) is 0 Å². The van der Waals surface area contributed by atoms with Gasteiger partial charge in [0.05, 0.1) is 12.7 Å². The lowest BCUT2D eigenvalue weighted by Crippen LogP contribution is -2.30. The van der Waals surface area contributed by atoms with Crippen LogP contribution in [0.5, 0.6) is 5.75 Å². The number of fused-ring (bicyclic) bond motifs is 1. The summed E-state index contributed by atoms with van der Waals surface area (Å²) in [6, 6.07) is 11.0. The predicted octanol–water partition coefficient (Wildman–Crippen LogP) is 3.68. The number of anilines is 1. The number of hydrogen-bond acceptors (Lipinski definition) is 4. The van der Waals surface area contributed by atoms with Crippen molar-refractivity contribution in [3.05, 3.63) is 58.7 Å². The number of methoxy groups -OCH3 is 1. The van der Waals surface area contributed by atoms with E-state index in [9.17, 15) is 9.59 Å². The Morgan fingerprint density at radius 2 is 1.85 bits per heavy atom. The summed E-state index contributed by atoms with van der Waals surface area (Å²) >= 11 is 0. The van der Waals surface area contributed by atoms with Crippen LogP contribution in [-0.4, -0.2) is 25.1 Å². The van der Waals surface area contributed by atoms with Gasteiger partial charge in [-0.15, -0.1) is 0 Å². The lowest BCUT2D eigenvalue weighted by molar-refractivity contribution is -0.123. The molecule has 26 heavy (non-hydrogen) atoms. The average Bonchev–Trinajstić information content (AvgIpc) is 3.09. The minimum Gasteiger partial charge on any atom is -0.496 e. The predicted molar refractivity (Wildman–Crippen MR) is 99.7 cm³/mol. The Hall–Kier alpha value is -2.82. The summed E-state index contributed by atoms with van der Waals surface area (Å²) in [5.74, 6) is -0.301. The number of benzene rings is 2. The summed E-state index contributed by atoms with van der Waals surface area (Å²) in [5, 5.41) is 2.82. The number of ether oxygens (including phenoxy) is 2. The molecular weight excluding hydrogens is 330 g/mol. The van der Waals surface area contributed by atoms with Gasteiger partial charge in [0.15, 0.2) is 6.10 Å². The van der Waals surface area contributed by atoms with E-state index in [1.807, 2.05) is 25.1 Å². The molecule has 2 aromatic carbocycles. The molecule has 1 aliphatic carbocycles. The van der Waals surface area contributed by atoms with Crippen LogP contribution >= 0.6 is 0 Å². The van der Waals surface area contributed by atoms with Crippen LogP contribution in [0.2, 0.25) is 0 Å². The number of carbonyl (C=O) groups is 2. The van der Waals surface area contributed by atoms with E-state index in [1.54, 1.807) is 32.2 Å². The van der Waals surface area contributed by atoms with Gasteiger partial charge in [-0.1, -0.05) is 12.1 Å². The summed E-state index contributed by atoms with van der Waals surface area (Å²) in [7, 11) is 1.55. The van der Waals surface area contributed by atoms with Crippen molar-refractivity contribution in [2.75, 3.05) is 12.4 Å². The first kappa shape index (κ1) is 18.0. The molecule has 0 spiro atoms. The monoisotopic (exact) mass is 353 g/mol.